The van der Waals surface area contributed by atoms with E-state index in [-0.39, 0.29) is 12.2 Å². The second-order valence-corrected chi connectivity index (χ2v) is 3.55. The Bertz CT molecular complexity index is 519. The molecule has 1 heterocycles. The van der Waals surface area contributed by atoms with E-state index in [4.69, 9.17) is 10.2 Å². The minimum Gasteiger partial charge on any atom is -0.478 e. The van der Waals surface area contributed by atoms with Crippen LogP contribution in [0.3, 0.4) is 0 Å². The van der Waals surface area contributed by atoms with Gasteiger partial charge in [0.25, 0.3) is 0 Å². The Morgan fingerprint density at radius 3 is 2.94 bits per heavy atom. The van der Waals surface area contributed by atoms with Gasteiger partial charge in [-0.25, -0.2) is 9.78 Å². The van der Waals surface area contributed by atoms with Gasteiger partial charge in [0.15, 0.2) is 0 Å². The third kappa shape index (κ3) is 2.04. The number of hydrogen-bond donors (Lipinski definition) is 3. The van der Waals surface area contributed by atoms with Crippen molar-refractivity contribution in [1.82, 2.24) is 9.97 Å². The minimum atomic E-state index is -0.951. The lowest BCUT2D eigenvalue weighted by molar-refractivity contribution is 0.0697. The number of aryl methyl sites for hydroxylation is 1. The Morgan fingerprint density at radius 2 is 2.25 bits per heavy atom. The molecule has 1 aromatic carbocycles. The number of aromatic amines is 1. The number of carboxylic acids is 1. The van der Waals surface area contributed by atoms with Gasteiger partial charge in [0.2, 0.25) is 0 Å². The fraction of sp³-hybridized carbons (Fsp3) is 0.273. The number of hydrogen-bond acceptors (Lipinski definition) is 3. The molecule has 0 bridgehead atoms. The molecule has 5 nitrogen and oxygen atoms in total. The van der Waals surface area contributed by atoms with Crippen LogP contribution in [0, 0.1) is 0 Å². The van der Waals surface area contributed by atoms with Gasteiger partial charge in [0, 0.05) is 13.0 Å². The lowest BCUT2D eigenvalue weighted by atomic mass is 10.2. The van der Waals surface area contributed by atoms with Crippen molar-refractivity contribution in [2.75, 3.05) is 6.61 Å². The second kappa shape index (κ2) is 4.32. The maximum Gasteiger partial charge on any atom is 0.335 e. The Balaban J connectivity index is 2.34. The van der Waals surface area contributed by atoms with Crippen molar-refractivity contribution >= 4 is 17.0 Å². The van der Waals surface area contributed by atoms with E-state index in [1.54, 1.807) is 12.1 Å². The van der Waals surface area contributed by atoms with Gasteiger partial charge < -0.3 is 15.2 Å². The first kappa shape index (κ1) is 10.6. The number of aromatic carboxylic acids is 1. The number of H-pyrrole nitrogens is 1. The third-order valence-electron chi connectivity index (χ3n) is 2.35. The predicted molar refractivity (Wildman–Crippen MR) is 58.5 cm³/mol. The van der Waals surface area contributed by atoms with E-state index in [1.807, 2.05) is 0 Å². The summed E-state index contributed by atoms with van der Waals surface area (Å²) in [6.45, 7) is 0.122. The molecule has 0 aliphatic carbocycles. The number of benzene rings is 1. The highest BCUT2D eigenvalue weighted by Crippen LogP contribution is 2.14. The highest BCUT2D eigenvalue weighted by molar-refractivity contribution is 5.92. The third-order valence-corrected chi connectivity index (χ3v) is 2.35. The lowest BCUT2D eigenvalue weighted by Gasteiger charge is -1.92. The monoisotopic (exact) mass is 220 g/mol. The number of aromatic nitrogens is 2. The molecule has 16 heavy (non-hydrogen) atoms. The summed E-state index contributed by atoms with van der Waals surface area (Å²) in [6.07, 6.45) is 1.30. The summed E-state index contributed by atoms with van der Waals surface area (Å²) in [7, 11) is 0. The van der Waals surface area contributed by atoms with Gasteiger partial charge in [-0.3, -0.25) is 0 Å². The molecule has 0 spiro atoms. The normalized spacial score (nSPS) is 10.8. The zero-order chi connectivity index (χ0) is 11.5. The molecule has 0 saturated carbocycles. The first-order valence-electron chi connectivity index (χ1n) is 5.03. The highest BCUT2D eigenvalue weighted by atomic mass is 16.4. The van der Waals surface area contributed by atoms with Crippen LogP contribution in [0.5, 0.6) is 0 Å². The van der Waals surface area contributed by atoms with Crippen molar-refractivity contribution < 1.29 is 15.0 Å². The quantitative estimate of drug-likeness (QED) is 0.722. The second-order valence-electron chi connectivity index (χ2n) is 3.55. The highest BCUT2D eigenvalue weighted by Gasteiger charge is 2.07. The number of aliphatic hydroxyl groups is 1. The van der Waals surface area contributed by atoms with Crippen LogP contribution in [0.4, 0.5) is 0 Å². The fourth-order valence-corrected chi connectivity index (χ4v) is 1.56. The molecule has 0 aliphatic heterocycles. The molecule has 0 fully saturated rings. The zero-order valence-corrected chi connectivity index (χ0v) is 8.60. The van der Waals surface area contributed by atoms with E-state index in [2.05, 4.69) is 9.97 Å². The van der Waals surface area contributed by atoms with Gasteiger partial charge in [-0.1, -0.05) is 0 Å². The summed E-state index contributed by atoms with van der Waals surface area (Å²) < 4.78 is 0. The first-order valence-corrected chi connectivity index (χ1v) is 5.03. The Morgan fingerprint density at radius 1 is 1.44 bits per heavy atom. The number of nitrogens with one attached hydrogen (secondary N) is 1. The number of carbonyl (C=O) groups is 1. The molecule has 0 atom stereocenters. The average molecular weight is 220 g/mol. The van der Waals surface area contributed by atoms with Crippen molar-refractivity contribution in [2.45, 2.75) is 12.8 Å². The summed E-state index contributed by atoms with van der Waals surface area (Å²) in [6, 6.07) is 4.77. The van der Waals surface area contributed by atoms with Crippen LogP contribution in [-0.2, 0) is 6.42 Å². The van der Waals surface area contributed by atoms with E-state index >= 15 is 0 Å². The number of aliphatic hydroxyl groups excluding tert-OH is 1. The molecule has 0 unspecified atom stereocenters. The molecule has 2 aromatic rings. The van der Waals surface area contributed by atoms with Crippen LogP contribution in [0.2, 0.25) is 0 Å². The molecule has 2 rings (SSSR count). The Hall–Kier alpha value is -1.88. The number of rotatable bonds is 4. The standard InChI is InChI=1S/C11H12N2O3/c14-5-1-2-10-12-8-4-3-7(11(15)16)6-9(8)13-10/h3-4,6,14H,1-2,5H2,(H,12,13)(H,15,16). The molecule has 0 amide bonds. The summed E-state index contributed by atoms with van der Waals surface area (Å²) in [4.78, 5) is 18.1. The number of fused-ring (bicyclic) bond motifs is 1. The van der Waals surface area contributed by atoms with Crippen LogP contribution in [0.1, 0.15) is 22.6 Å². The average Bonchev–Trinajstić information content (AvgIpc) is 2.67. The van der Waals surface area contributed by atoms with Gasteiger partial charge in [-0.2, -0.15) is 0 Å². The van der Waals surface area contributed by atoms with E-state index < -0.39 is 5.97 Å². The number of imidazole rings is 1. The van der Waals surface area contributed by atoms with Gasteiger partial charge >= 0.3 is 5.97 Å². The molecular weight excluding hydrogens is 208 g/mol. The van der Waals surface area contributed by atoms with Gasteiger partial charge in [-0.15, -0.1) is 0 Å². The molecule has 84 valence electrons. The van der Waals surface area contributed by atoms with Gasteiger partial charge in [0.1, 0.15) is 5.82 Å². The maximum absolute atomic E-state index is 10.8. The van der Waals surface area contributed by atoms with Crippen LogP contribution >= 0.6 is 0 Å². The number of nitrogens with zero attached hydrogens (tertiary/aromatic N) is 1. The largest absolute Gasteiger partial charge is 0.478 e. The Labute approximate surface area is 91.8 Å². The summed E-state index contributed by atoms with van der Waals surface area (Å²) >= 11 is 0. The topological polar surface area (TPSA) is 86.2 Å². The minimum absolute atomic E-state index is 0.122. The summed E-state index contributed by atoms with van der Waals surface area (Å²) in [5, 5.41) is 17.5. The molecule has 0 aliphatic rings. The maximum atomic E-state index is 10.8. The van der Waals surface area contributed by atoms with Crippen molar-refractivity contribution in [2.24, 2.45) is 0 Å². The van der Waals surface area contributed by atoms with E-state index in [1.165, 1.54) is 6.07 Å². The van der Waals surface area contributed by atoms with Crippen LogP contribution in [0.15, 0.2) is 18.2 Å². The predicted octanol–water partition coefficient (Wildman–Crippen LogP) is 1.19. The van der Waals surface area contributed by atoms with Crippen molar-refractivity contribution in [1.29, 1.82) is 0 Å². The van der Waals surface area contributed by atoms with Crippen molar-refractivity contribution in [3.8, 4) is 0 Å². The SMILES string of the molecule is O=C(O)c1ccc2nc(CCCO)[nH]c2c1. The zero-order valence-electron chi connectivity index (χ0n) is 8.60. The van der Waals surface area contributed by atoms with Crippen LogP contribution in [-0.4, -0.2) is 32.8 Å². The van der Waals surface area contributed by atoms with Gasteiger partial charge in [-0.05, 0) is 24.6 Å². The molecular formula is C11H12N2O3. The first-order chi connectivity index (χ1) is 7.70. The Kier molecular flexibility index (Phi) is 2.87. The van der Waals surface area contributed by atoms with Crippen LogP contribution < -0.4 is 0 Å². The van der Waals surface area contributed by atoms with E-state index in [9.17, 15) is 4.79 Å². The molecule has 3 N–H and O–H groups in total. The smallest absolute Gasteiger partial charge is 0.335 e. The molecule has 0 saturated heterocycles. The lowest BCUT2D eigenvalue weighted by Crippen LogP contribution is -1.94. The molecule has 5 heteroatoms. The van der Waals surface area contributed by atoms with E-state index in [0.717, 1.165) is 11.3 Å². The fourth-order valence-electron chi connectivity index (χ4n) is 1.56. The van der Waals surface area contributed by atoms with E-state index in [0.29, 0.717) is 18.4 Å². The molecule has 1 aromatic heterocycles. The van der Waals surface area contributed by atoms with Gasteiger partial charge in [0.05, 0.1) is 16.6 Å². The molecule has 0 radical (unpaired) electrons. The summed E-state index contributed by atoms with van der Waals surface area (Å²) in [5.41, 5.74) is 1.70. The number of carboxylic acid groups (broad SMARTS) is 1. The van der Waals surface area contributed by atoms with Crippen molar-refractivity contribution in [3.63, 3.8) is 0 Å². The van der Waals surface area contributed by atoms with Crippen molar-refractivity contribution in [3.05, 3.63) is 29.6 Å². The van der Waals surface area contributed by atoms with Crippen LogP contribution in [0.25, 0.3) is 11.0 Å². The summed E-state index contributed by atoms with van der Waals surface area (Å²) in [5.74, 6) is -0.181.